The number of carbonyl (C=O) groups excluding carboxylic acids is 2. The second-order valence-electron chi connectivity index (χ2n) is 10.7. The molecule has 208 valence electrons. The number of anilines is 5. The third-order valence-electron chi connectivity index (χ3n) is 6.19. The van der Waals surface area contributed by atoms with Gasteiger partial charge < -0.3 is 20.1 Å². The highest BCUT2D eigenvalue weighted by Gasteiger charge is 2.32. The first-order chi connectivity index (χ1) is 18.3. The summed E-state index contributed by atoms with van der Waals surface area (Å²) in [6.07, 6.45) is 1.67. The van der Waals surface area contributed by atoms with Gasteiger partial charge in [-0.3, -0.25) is 15.1 Å². The van der Waals surface area contributed by atoms with Crippen molar-refractivity contribution in [3.8, 4) is 0 Å². The number of nitrogens with one attached hydrogen (secondary N) is 3. The molecule has 4 rings (SSSR count). The van der Waals surface area contributed by atoms with Crippen molar-refractivity contribution in [3.63, 3.8) is 0 Å². The highest BCUT2D eigenvalue weighted by atomic mass is 19.1. The minimum atomic E-state index is -0.713. The molecule has 0 atom stereocenters. The van der Waals surface area contributed by atoms with Gasteiger partial charge in [-0.15, -0.1) is 0 Å². The molecule has 0 saturated carbocycles. The van der Waals surface area contributed by atoms with Gasteiger partial charge in [0.05, 0.1) is 23.6 Å². The van der Waals surface area contributed by atoms with Gasteiger partial charge >= 0.3 is 12.1 Å². The van der Waals surface area contributed by atoms with Gasteiger partial charge in [0, 0.05) is 43.4 Å². The van der Waals surface area contributed by atoms with Crippen molar-refractivity contribution in [1.29, 1.82) is 0 Å². The first-order valence-corrected chi connectivity index (χ1v) is 12.5. The Kier molecular flexibility index (Phi) is 7.72. The maximum Gasteiger partial charge on any atom is 0.330 e. The molecule has 4 amide bonds. The Morgan fingerprint density at radius 2 is 1.95 bits per heavy atom. The van der Waals surface area contributed by atoms with Crippen molar-refractivity contribution in [3.05, 3.63) is 47.0 Å². The van der Waals surface area contributed by atoms with Crippen LogP contribution < -0.4 is 25.8 Å². The fourth-order valence-corrected chi connectivity index (χ4v) is 3.97. The van der Waals surface area contributed by atoms with E-state index in [0.29, 0.717) is 35.3 Å². The fourth-order valence-electron chi connectivity index (χ4n) is 3.97. The van der Waals surface area contributed by atoms with E-state index in [1.165, 1.54) is 21.9 Å². The number of likely N-dealkylation sites (N-methyl/N-ethyl adjacent to an activating group) is 1. The minimum absolute atomic E-state index is 0.0957. The number of aryl methyl sites for hydroxylation is 1. The number of urea groups is 2. The molecular formula is C26H34FN9O3. The zero-order valence-corrected chi connectivity index (χ0v) is 23.2. The van der Waals surface area contributed by atoms with E-state index in [0.717, 1.165) is 12.1 Å². The zero-order chi connectivity index (χ0) is 28.5. The van der Waals surface area contributed by atoms with Gasteiger partial charge in [-0.2, -0.15) is 4.98 Å². The van der Waals surface area contributed by atoms with E-state index < -0.39 is 11.8 Å². The van der Waals surface area contributed by atoms with E-state index in [1.54, 1.807) is 26.2 Å². The summed E-state index contributed by atoms with van der Waals surface area (Å²) in [5.74, 6) is 0.415. The predicted octanol–water partition coefficient (Wildman–Crippen LogP) is 4.40. The highest BCUT2D eigenvalue weighted by molar-refractivity contribution is 6.06. The topological polar surface area (TPSA) is 132 Å². The average molecular weight is 540 g/mol. The van der Waals surface area contributed by atoms with Crippen molar-refractivity contribution < 1.29 is 18.5 Å². The van der Waals surface area contributed by atoms with Gasteiger partial charge in [-0.25, -0.2) is 19.0 Å². The van der Waals surface area contributed by atoms with Crippen LogP contribution in [0.5, 0.6) is 0 Å². The van der Waals surface area contributed by atoms with Crippen molar-refractivity contribution in [1.82, 2.24) is 20.0 Å². The van der Waals surface area contributed by atoms with Crippen LogP contribution in [0.1, 0.15) is 37.6 Å². The van der Waals surface area contributed by atoms with E-state index in [4.69, 9.17) is 4.52 Å². The summed E-state index contributed by atoms with van der Waals surface area (Å²) in [5.41, 5.74) is 2.00. The van der Waals surface area contributed by atoms with Gasteiger partial charge in [0.2, 0.25) is 11.8 Å². The normalized spacial score (nSPS) is 13.5. The summed E-state index contributed by atoms with van der Waals surface area (Å²) in [4.78, 5) is 39.8. The molecule has 0 radical (unpaired) electrons. The molecule has 3 aromatic rings. The van der Waals surface area contributed by atoms with E-state index in [1.807, 2.05) is 39.8 Å². The molecule has 0 unspecified atom stereocenters. The number of hydrogen-bond acceptors (Lipinski definition) is 8. The lowest BCUT2D eigenvalue weighted by Crippen LogP contribution is -2.46. The molecule has 1 aliphatic rings. The number of rotatable bonds is 7. The largest absolute Gasteiger partial charge is 0.353 e. The lowest BCUT2D eigenvalue weighted by atomic mass is 9.92. The van der Waals surface area contributed by atoms with Crippen LogP contribution in [0.3, 0.4) is 0 Å². The molecule has 0 fully saturated rings. The van der Waals surface area contributed by atoms with Gasteiger partial charge in [-0.05, 0) is 38.7 Å². The third kappa shape index (κ3) is 6.25. The van der Waals surface area contributed by atoms with Gasteiger partial charge in [0.15, 0.2) is 0 Å². The third-order valence-corrected chi connectivity index (χ3v) is 6.19. The Morgan fingerprint density at radius 3 is 2.62 bits per heavy atom. The summed E-state index contributed by atoms with van der Waals surface area (Å²) in [7, 11) is 5.57. The monoisotopic (exact) mass is 539 g/mol. The Hall–Kier alpha value is -4.26. The van der Waals surface area contributed by atoms with E-state index in [-0.39, 0.29) is 29.6 Å². The Labute approximate surface area is 226 Å². The molecule has 0 spiro atoms. The number of hydrogen-bond donors (Lipinski definition) is 3. The molecule has 1 aliphatic heterocycles. The fraction of sp³-hybridized carbons (Fsp3) is 0.423. The van der Waals surface area contributed by atoms with Crippen molar-refractivity contribution in [2.24, 2.45) is 0 Å². The number of nitrogens with zero attached hydrogens (tertiary/aromatic N) is 6. The average Bonchev–Trinajstić information content (AvgIpc) is 3.32. The van der Waals surface area contributed by atoms with Crippen LogP contribution >= 0.6 is 0 Å². The molecule has 3 N–H and O–H groups in total. The molecule has 13 heteroatoms. The number of amides is 4. The van der Waals surface area contributed by atoms with Crippen LogP contribution in [0, 0.1) is 12.7 Å². The van der Waals surface area contributed by atoms with Crippen LogP contribution in [0.4, 0.5) is 43.0 Å². The second kappa shape index (κ2) is 10.8. The first-order valence-electron chi connectivity index (χ1n) is 12.5. The van der Waals surface area contributed by atoms with Crippen molar-refractivity contribution in [2.75, 3.05) is 60.0 Å². The van der Waals surface area contributed by atoms with Gasteiger partial charge in [-0.1, -0.05) is 25.9 Å². The van der Waals surface area contributed by atoms with Crippen LogP contribution in [0.15, 0.2) is 28.9 Å². The summed E-state index contributed by atoms with van der Waals surface area (Å²) in [6.45, 7) is 9.22. The molecule has 0 aliphatic carbocycles. The summed E-state index contributed by atoms with van der Waals surface area (Å²) in [6, 6.07) is 3.26. The Morgan fingerprint density at radius 1 is 1.21 bits per heavy atom. The first kappa shape index (κ1) is 27.8. The lowest BCUT2D eigenvalue weighted by Gasteiger charge is -2.35. The number of fused-ring (bicyclic) bond motifs is 1. The molecular weight excluding hydrogens is 505 g/mol. The number of benzene rings is 1. The summed E-state index contributed by atoms with van der Waals surface area (Å²) < 4.78 is 20.0. The van der Waals surface area contributed by atoms with Crippen LogP contribution in [-0.4, -0.2) is 66.3 Å². The standard InChI is InChI=1S/C26H34FN9O3/c1-15-10-17(27)18(30-24(37)31-21-12-20(33-39-21)26(2,3)4)11-19(15)36-14-16-13-29-23(28-8-9-34(5)6)32-22(16)35(7)25(36)38/h10-13H,8-9,14H2,1-7H3,(H,28,29,32)(H2,30,31,37). The molecule has 2 aromatic heterocycles. The zero-order valence-electron chi connectivity index (χ0n) is 23.2. The molecule has 0 saturated heterocycles. The number of halogens is 1. The molecule has 12 nitrogen and oxygen atoms in total. The molecule has 0 bridgehead atoms. The van der Waals surface area contributed by atoms with Crippen LogP contribution in [-0.2, 0) is 12.0 Å². The number of carbonyl (C=O) groups is 2. The van der Waals surface area contributed by atoms with Crippen LogP contribution in [0.25, 0.3) is 0 Å². The van der Waals surface area contributed by atoms with E-state index in [9.17, 15) is 14.0 Å². The predicted molar refractivity (Wildman–Crippen MR) is 148 cm³/mol. The van der Waals surface area contributed by atoms with E-state index in [2.05, 4.69) is 31.1 Å². The smallest absolute Gasteiger partial charge is 0.330 e. The summed E-state index contributed by atoms with van der Waals surface area (Å²) >= 11 is 0. The van der Waals surface area contributed by atoms with Crippen molar-refractivity contribution in [2.45, 2.75) is 39.7 Å². The lowest BCUT2D eigenvalue weighted by molar-refractivity contribution is 0.251. The molecule has 39 heavy (non-hydrogen) atoms. The van der Waals surface area contributed by atoms with Crippen LogP contribution in [0.2, 0.25) is 0 Å². The number of aromatic nitrogens is 3. The second-order valence-corrected chi connectivity index (χ2v) is 10.7. The molecule has 1 aromatic carbocycles. The Bertz CT molecular complexity index is 1380. The minimum Gasteiger partial charge on any atom is -0.353 e. The SMILES string of the molecule is Cc1cc(F)c(NC(=O)Nc2cc(C(C)(C)C)no2)cc1N1Cc2cnc(NCCN(C)C)nc2N(C)C1=O. The highest BCUT2D eigenvalue weighted by Crippen LogP contribution is 2.34. The molecule has 3 heterocycles. The Balaban J connectivity index is 1.52. The van der Waals surface area contributed by atoms with Gasteiger partial charge in [0.25, 0.3) is 0 Å². The maximum absolute atomic E-state index is 14.8. The maximum atomic E-state index is 14.8. The van der Waals surface area contributed by atoms with Crippen molar-refractivity contribution >= 4 is 41.1 Å². The van der Waals surface area contributed by atoms with E-state index >= 15 is 0 Å². The summed E-state index contributed by atoms with van der Waals surface area (Å²) in [5, 5.41) is 12.1. The quantitative estimate of drug-likeness (QED) is 0.403. The van der Waals surface area contributed by atoms with Gasteiger partial charge in [0.1, 0.15) is 11.6 Å².